The second-order valence-corrected chi connectivity index (χ2v) is 2.37. The molecule has 0 amide bonds. The Morgan fingerprint density at radius 3 is 2.67 bits per heavy atom. The molecule has 59 valence electrons. The molecule has 2 aromatic rings. The summed E-state index contributed by atoms with van der Waals surface area (Å²) >= 11 is 0. The Kier molecular flexibility index (Phi) is 1.33. The molecular formula is C8H5N2O2. The quantitative estimate of drug-likeness (QED) is 0.571. The van der Waals surface area contributed by atoms with E-state index in [2.05, 4.69) is 16.3 Å². The highest BCUT2D eigenvalue weighted by atomic mass is 16.1. The number of hydrogen-bond donors (Lipinski definition) is 2. The first-order valence-corrected chi connectivity index (χ1v) is 3.40. The van der Waals surface area contributed by atoms with Crippen LogP contribution in [0.15, 0.2) is 27.8 Å². The molecule has 0 saturated carbocycles. The standard InChI is InChI=1S/C8H5N2O2/c11-7-5-3-1-2-4-6(5)8(12)10-9-7/h1-3H,(H,9,11)(H,10,12). The maximum absolute atomic E-state index is 11.1. The number of aromatic nitrogens is 2. The van der Waals surface area contributed by atoms with E-state index in [0.29, 0.717) is 10.8 Å². The summed E-state index contributed by atoms with van der Waals surface area (Å²) in [5.74, 6) is 0. The van der Waals surface area contributed by atoms with E-state index in [0.717, 1.165) is 0 Å². The maximum atomic E-state index is 11.1. The molecule has 0 aliphatic heterocycles. The van der Waals surface area contributed by atoms with Crippen molar-refractivity contribution in [3.05, 3.63) is 45.0 Å². The summed E-state index contributed by atoms with van der Waals surface area (Å²) in [6, 6.07) is 7.54. The first kappa shape index (κ1) is 6.84. The third kappa shape index (κ3) is 0.852. The molecule has 1 aromatic carbocycles. The van der Waals surface area contributed by atoms with E-state index < -0.39 is 0 Å². The van der Waals surface area contributed by atoms with Gasteiger partial charge in [-0.3, -0.25) is 19.8 Å². The minimum Gasteiger partial charge on any atom is -0.267 e. The van der Waals surface area contributed by atoms with Gasteiger partial charge < -0.3 is 0 Å². The van der Waals surface area contributed by atoms with Crippen LogP contribution in [-0.2, 0) is 0 Å². The molecule has 0 saturated heterocycles. The lowest BCUT2D eigenvalue weighted by atomic mass is 10.2. The second kappa shape index (κ2) is 2.34. The number of H-pyrrole nitrogens is 2. The Balaban J connectivity index is 3.16. The average molecular weight is 161 g/mol. The minimum atomic E-state index is -0.329. The van der Waals surface area contributed by atoms with Crippen molar-refractivity contribution in [2.45, 2.75) is 0 Å². The zero-order valence-electron chi connectivity index (χ0n) is 6.05. The number of fused-ring (bicyclic) bond motifs is 1. The summed E-state index contributed by atoms with van der Waals surface area (Å²) in [5.41, 5.74) is -0.633. The Morgan fingerprint density at radius 2 is 1.92 bits per heavy atom. The third-order valence-electron chi connectivity index (χ3n) is 1.62. The van der Waals surface area contributed by atoms with Crippen molar-refractivity contribution < 1.29 is 0 Å². The molecule has 1 heterocycles. The topological polar surface area (TPSA) is 65.7 Å². The molecule has 0 aliphatic rings. The number of benzene rings is 1. The summed E-state index contributed by atoms with van der Waals surface area (Å²) in [6.07, 6.45) is 0. The van der Waals surface area contributed by atoms with Crippen molar-refractivity contribution in [2.24, 2.45) is 0 Å². The molecule has 4 nitrogen and oxygen atoms in total. The van der Waals surface area contributed by atoms with Gasteiger partial charge in [-0.15, -0.1) is 0 Å². The number of hydrogen-bond acceptors (Lipinski definition) is 2. The predicted octanol–water partition coefficient (Wildman–Crippen LogP) is 0.0166. The van der Waals surface area contributed by atoms with Crippen molar-refractivity contribution in [1.82, 2.24) is 10.2 Å². The van der Waals surface area contributed by atoms with Crippen LogP contribution < -0.4 is 11.1 Å². The second-order valence-electron chi connectivity index (χ2n) is 2.37. The molecular weight excluding hydrogens is 156 g/mol. The molecule has 0 fully saturated rings. The van der Waals surface area contributed by atoms with Gasteiger partial charge in [0.1, 0.15) is 0 Å². The fourth-order valence-electron chi connectivity index (χ4n) is 1.06. The molecule has 4 heteroatoms. The third-order valence-corrected chi connectivity index (χ3v) is 1.62. The Labute approximate surface area is 66.8 Å². The van der Waals surface area contributed by atoms with Crippen molar-refractivity contribution in [3.63, 3.8) is 0 Å². The molecule has 2 N–H and O–H groups in total. The smallest absolute Gasteiger partial charge is 0.267 e. The van der Waals surface area contributed by atoms with Crippen molar-refractivity contribution in [1.29, 1.82) is 0 Å². The molecule has 0 bridgehead atoms. The van der Waals surface area contributed by atoms with Crippen LogP contribution in [-0.4, -0.2) is 10.2 Å². The summed E-state index contributed by atoms with van der Waals surface area (Å²) in [7, 11) is 0. The van der Waals surface area contributed by atoms with E-state index in [1.54, 1.807) is 18.2 Å². The van der Waals surface area contributed by atoms with Gasteiger partial charge in [-0.2, -0.15) is 0 Å². The van der Waals surface area contributed by atoms with Crippen LogP contribution in [0.2, 0.25) is 0 Å². The highest BCUT2D eigenvalue weighted by Crippen LogP contribution is 1.99. The fourth-order valence-corrected chi connectivity index (χ4v) is 1.06. The van der Waals surface area contributed by atoms with E-state index in [-0.39, 0.29) is 11.1 Å². The summed E-state index contributed by atoms with van der Waals surface area (Å²) < 4.78 is 0. The lowest BCUT2D eigenvalue weighted by molar-refractivity contribution is 0.976. The van der Waals surface area contributed by atoms with E-state index in [1.165, 1.54) is 0 Å². The number of rotatable bonds is 0. The first-order valence-electron chi connectivity index (χ1n) is 3.40. The van der Waals surface area contributed by atoms with Gasteiger partial charge in [0.05, 0.1) is 10.8 Å². The Hall–Kier alpha value is -1.84. The van der Waals surface area contributed by atoms with Crippen molar-refractivity contribution in [3.8, 4) is 0 Å². The van der Waals surface area contributed by atoms with E-state index in [9.17, 15) is 9.59 Å². The maximum Gasteiger partial charge on any atom is 0.271 e. The van der Waals surface area contributed by atoms with Crippen molar-refractivity contribution >= 4 is 10.8 Å². The summed E-state index contributed by atoms with van der Waals surface area (Å²) in [6.45, 7) is 0. The first-order chi connectivity index (χ1) is 5.79. The van der Waals surface area contributed by atoms with Gasteiger partial charge in [0.15, 0.2) is 0 Å². The molecule has 12 heavy (non-hydrogen) atoms. The van der Waals surface area contributed by atoms with Gasteiger partial charge in [0.25, 0.3) is 11.1 Å². The monoisotopic (exact) mass is 161 g/mol. The van der Waals surface area contributed by atoms with Crippen LogP contribution in [0, 0.1) is 6.07 Å². The normalized spacial score (nSPS) is 10.3. The van der Waals surface area contributed by atoms with Crippen LogP contribution in [0.1, 0.15) is 0 Å². The van der Waals surface area contributed by atoms with Crippen LogP contribution >= 0.6 is 0 Å². The van der Waals surface area contributed by atoms with E-state index in [1.807, 2.05) is 0 Å². The predicted molar refractivity (Wildman–Crippen MR) is 44.0 cm³/mol. The SMILES string of the molecule is O=c1[nH][nH]c(=O)c2ccc[c]c12. The van der Waals surface area contributed by atoms with Crippen LogP contribution in [0.25, 0.3) is 10.8 Å². The molecule has 0 spiro atoms. The lowest BCUT2D eigenvalue weighted by Crippen LogP contribution is -2.18. The largest absolute Gasteiger partial charge is 0.271 e. The molecule has 2 rings (SSSR count). The van der Waals surface area contributed by atoms with E-state index >= 15 is 0 Å². The van der Waals surface area contributed by atoms with Gasteiger partial charge in [-0.1, -0.05) is 12.1 Å². The molecule has 0 atom stereocenters. The number of nitrogens with one attached hydrogen (secondary N) is 2. The lowest BCUT2D eigenvalue weighted by Gasteiger charge is -1.91. The highest BCUT2D eigenvalue weighted by molar-refractivity contribution is 5.79. The van der Waals surface area contributed by atoms with Crippen molar-refractivity contribution in [2.75, 3.05) is 0 Å². The molecule has 1 radical (unpaired) electrons. The zero-order valence-corrected chi connectivity index (χ0v) is 6.05. The Morgan fingerprint density at radius 1 is 1.17 bits per heavy atom. The highest BCUT2D eigenvalue weighted by Gasteiger charge is 1.99. The van der Waals surface area contributed by atoms with E-state index in [4.69, 9.17) is 0 Å². The van der Waals surface area contributed by atoms with Gasteiger partial charge in [-0.25, -0.2) is 0 Å². The van der Waals surface area contributed by atoms with Crippen LogP contribution in [0.4, 0.5) is 0 Å². The molecule has 0 unspecified atom stereocenters. The number of aromatic amines is 2. The fraction of sp³-hybridized carbons (Fsp3) is 0. The molecule has 1 aromatic heterocycles. The van der Waals surface area contributed by atoms with Crippen LogP contribution in [0.5, 0.6) is 0 Å². The summed E-state index contributed by atoms with van der Waals surface area (Å²) in [5, 5.41) is 5.10. The average Bonchev–Trinajstić information content (AvgIpc) is 2.12. The Bertz CT molecular complexity index is 476. The van der Waals surface area contributed by atoms with Gasteiger partial charge in [-0.05, 0) is 12.1 Å². The van der Waals surface area contributed by atoms with Gasteiger partial charge in [0, 0.05) is 0 Å². The minimum absolute atomic E-state index is 0.293. The van der Waals surface area contributed by atoms with Gasteiger partial charge >= 0.3 is 0 Å². The van der Waals surface area contributed by atoms with Gasteiger partial charge in [0.2, 0.25) is 0 Å². The molecule has 0 aliphatic carbocycles. The van der Waals surface area contributed by atoms with Crippen LogP contribution in [0.3, 0.4) is 0 Å². The summed E-state index contributed by atoms with van der Waals surface area (Å²) in [4.78, 5) is 22.2. The zero-order chi connectivity index (χ0) is 8.55.